The molecule has 4 heteroatoms. The number of hydrogen-bond acceptors (Lipinski definition) is 2. The highest BCUT2D eigenvalue weighted by molar-refractivity contribution is 5.83. The van der Waals surface area contributed by atoms with Gasteiger partial charge in [-0.1, -0.05) is 12.8 Å². The van der Waals surface area contributed by atoms with Crippen molar-refractivity contribution in [1.29, 1.82) is 0 Å². The molecular formula is C10H15NO3. The average molecular weight is 197 g/mol. The van der Waals surface area contributed by atoms with Crippen LogP contribution in [0.25, 0.3) is 0 Å². The molecule has 2 rings (SSSR count). The van der Waals surface area contributed by atoms with Crippen LogP contribution < -0.4 is 0 Å². The van der Waals surface area contributed by atoms with Gasteiger partial charge in [-0.05, 0) is 18.8 Å². The molecule has 0 bridgehead atoms. The molecule has 1 heterocycles. The van der Waals surface area contributed by atoms with Crippen molar-refractivity contribution >= 4 is 11.9 Å². The number of fused-ring (bicyclic) bond motifs is 1. The van der Waals surface area contributed by atoms with Crippen LogP contribution in [0.1, 0.15) is 32.1 Å². The maximum atomic E-state index is 11.5. The van der Waals surface area contributed by atoms with Gasteiger partial charge >= 0.3 is 5.97 Å². The van der Waals surface area contributed by atoms with Crippen molar-refractivity contribution in [1.82, 2.24) is 4.90 Å². The van der Waals surface area contributed by atoms with Gasteiger partial charge in [0, 0.05) is 12.5 Å². The number of rotatable bonds is 2. The van der Waals surface area contributed by atoms with Crippen molar-refractivity contribution in [3.8, 4) is 0 Å². The number of carboxylic acid groups (broad SMARTS) is 1. The number of hydrogen-bond donors (Lipinski definition) is 1. The van der Waals surface area contributed by atoms with Crippen LogP contribution in [0.15, 0.2) is 0 Å². The number of likely N-dealkylation sites (tertiary alicyclic amines) is 1. The summed E-state index contributed by atoms with van der Waals surface area (Å²) in [4.78, 5) is 23.7. The van der Waals surface area contributed by atoms with Crippen molar-refractivity contribution in [2.24, 2.45) is 5.92 Å². The molecule has 1 saturated heterocycles. The lowest BCUT2D eigenvalue weighted by molar-refractivity contribution is -0.144. The van der Waals surface area contributed by atoms with Gasteiger partial charge in [0.25, 0.3) is 0 Å². The van der Waals surface area contributed by atoms with Crippen LogP contribution in [0.2, 0.25) is 0 Å². The van der Waals surface area contributed by atoms with E-state index in [0.29, 0.717) is 12.3 Å². The third kappa shape index (κ3) is 1.61. The topological polar surface area (TPSA) is 57.6 Å². The van der Waals surface area contributed by atoms with Gasteiger partial charge in [-0.2, -0.15) is 0 Å². The molecule has 1 amide bonds. The zero-order chi connectivity index (χ0) is 10.1. The predicted molar refractivity (Wildman–Crippen MR) is 49.7 cm³/mol. The number of aliphatic carboxylic acids is 1. The molecule has 4 nitrogen and oxygen atoms in total. The van der Waals surface area contributed by atoms with Crippen LogP contribution in [-0.2, 0) is 9.59 Å². The Morgan fingerprint density at radius 1 is 1.43 bits per heavy atom. The van der Waals surface area contributed by atoms with Crippen LogP contribution in [-0.4, -0.2) is 34.5 Å². The van der Waals surface area contributed by atoms with Crippen LogP contribution in [0, 0.1) is 5.92 Å². The molecule has 2 unspecified atom stereocenters. The molecule has 0 aromatic heterocycles. The second-order valence-electron chi connectivity index (χ2n) is 4.23. The Bertz CT molecular complexity index is 264. The van der Waals surface area contributed by atoms with E-state index < -0.39 is 5.97 Å². The Kier molecular flexibility index (Phi) is 2.44. The fourth-order valence-electron chi connectivity index (χ4n) is 2.71. The highest BCUT2D eigenvalue weighted by atomic mass is 16.4. The average Bonchev–Trinajstić information content (AvgIpc) is 2.43. The number of carbonyl (C=O) groups is 2. The van der Waals surface area contributed by atoms with Crippen LogP contribution in [0.5, 0.6) is 0 Å². The van der Waals surface area contributed by atoms with E-state index in [1.165, 1.54) is 6.42 Å². The normalized spacial score (nSPS) is 31.7. The summed E-state index contributed by atoms with van der Waals surface area (Å²) in [6, 6.07) is 0.215. The lowest BCUT2D eigenvalue weighted by atomic mass is 9.85. The van der Waals surface area contributed by atoms with E-state index in [-0.39, 0.29) is 18.5 Å². The summed E-state index contributed by atoms with van der Waals surface area (Å²) in [5.41, 5.74) is 0. The fourth-order valence-corrected chi connectivity index (χ4v) is 2.71. The first-order chi connectivity index (χ1) is 6.68. The molecule has 2 fully saturated rings. The number of carboxylic acids is 1. The highest BCUT2D eigenvalue weighted by Crippen LogP contribution is 2.36. The van der Waals surface area contributed by atoms with Gasteiger partial charge in [0.05, 0.1) is 0 Å². The molecule has 78 valence electrons. The lowest BCUT2D eigenvalue weighted by Gasteiger charge is -2.30. The Morgan fingerprint density at radius 3 is 2.86 bits per heavy atom. The van der Waals surface area contributed by atoms with E-state index in [4.69, 9.17) is 5.11 Å². The summed E-state index contributed by atoms with van der Waals surface area (Å²) in [6.45, 7) is -0.111. The molecule has 1 N–H and O–H groups in total. The maximum Gasteiger partial charge on any atom is 0.323 e. The summed E-state index contributed by atoms with van der Waals surface area (Å²) in [5.74, 6) is -0.440. The second kappa shape index (κ2) is 3.59. The first-order valence-electron chi connectivity index (χ1n) is 5.20. The minimum absolute atomic E-state index is 0.0318. The first-order valence-corrected chi connectivity index (χ1v) is 5.20. The Balaban J connectivity index is 2.07. The van der Waals surface area contributed by atoms with E-state index in [1.807, 2.05) is 0 Å². The lowest BCUT2D eigenvalue weighted by Crippen LogP contribution is -2.40. The summed E-state index contributed by atoms with van der Waals surface area (Å²) >= 11 is 0. The van der Waals surface area contributed by atoms with Gasteiger partial charge in [-0.25, -0.2) is 0 Å². The van der Waals surface area contributed by atoms with Gasteiger partial charge in [0.2, 0.25) is 5.91 Å². The monoisotopic (exact) mass is 197 g/mol. The number of nitrogens with zero attached hydrogens (tertiary/aromatic N) is 1. The summed E-state index contributed by atoms with van der Waals surface area (Å²) in [7, 11) is 0. The fraction of sp³-hybridized carbons (Fsp3) is 0.800. The van der Waals surface area contributed by atoms with E-state index in [9.17, 15) is 9.59 Å². The van der Waals surface area contributed by atoms with E-state index in [2.05, 4.69) is 0 Å². The first kappa shape index (κ1) is 9.49. The van der Waals surface area contributed by atoms with Crippen molar-refractivity contribution in [3.63, 3.8) is 0 Å². The molecule has 2 aliphatic rings. The molecule has 0 aromatic carbocycles. The number of carbonyl (C=O) groups excluding carboxylic acids is 1. The SMILES string of the molecule is O=C(O)CN1C(=O)CC2CCCCC21. The van der Waals surface area contributed by atoms with Gasteiger partial charge in [-0.15, -0.1) is 0 Å². The van der Waals surface area contributed by atoms with E-state index >= 15 is 0 Å². The van der Waals surface area contributed by atoms with Crippen molar-refractivity contribution in [2.45, 2.75) is 38.1 Å². The third-order valence-electron chi connectivity index (χ3n) is 3.33. The van der Waals surface area contributed by atoms with E-state index in [0.717, 1.165) is 19.3 Å². The summed E-state index contributed by atoms with van der Waals surface area (Å²) in [5, 5.41) is 8.69. The summed E-state index contributed by atoms with van der Waals surface area (Å²) in [6.07, 6.45) is 4.97. The maximum absolute atomic E-state index is 11.5. The predicted octanol–water partition coefficient (Wildman–Crippen LogP) is 0.862. The zero-order valence-corrected chi connectivity index (χ0v) is 8.11. The molecule has 14 heavy (non-hydrogen) atoms. The van der Waals surface area contributed by atoms with Crippen LogP contribution in [0.3, 0.4) is 0 Å². The molecule has 1 aliphatic carbocycles. The van der Waals surface area contributed by atoms with Gasteiger partial charge in [-0.3, -0.25) is 9.59 Å². The van der Waals surface area contributed by atoms with Gasteiger partial charge in [0.1, 0.15) is 6.54 Å². The third-order valence-corrected chi connectivity index (χ3v) is 3.33. The number of amides is 1. The van der Waals surface area contributed by atoms with Crippen molar-refractivity contribution < 1.29 is 14.7 Å². The second-order valence-corrected chi connectivity index (χ2v) is 4.23. The standard InChI is InChI=1S/C10H15NO3/c12-9-5-7-3-1-2-4-8(7)11(9)6-10(13)14/h7-8H,1-6H2,(H,13,14). The Labute approximate surface area is 82.9 Å². The molecule has 1 saturated carbocycles. The van der Waals surface area contributed by atoms with Crippen molar-refractivity contribution in [3.05, 3.63) is 0 Å². The van der Waals surface area contributed by atoms with Gasteiger partial charge in [0.15, 0.2) is 0 Å². The van der Waals surface area contributed by atoms with Crippen LogP contribution >= 0.6 is 0 Å². The van der Waals surface area contributed by atoms with Crippen LogP contribution in [0.4, 0.5) is 0 Å². The quantitative estimate of drug-likeness (QED) is 0.714. The summed E-state index contributed by atoms with van der Waals surface area (Å²) < 4.78 is 0. The van der Waals surface area contributed by atoms with Gasteiger partial charge < -0.3 is 10.0 Å². The molecule has 0 aromatic rings. The zero-order valence-electron chi connectivity index (χ0n) is 8.11. The smallest absolute Gasteiger partial charge is 0.323 e. The molecular weight excluding hydrogens is 182 g/mol. The van der Waals surface area contributed by atoms with Crippen molar-refractivity contribution in [2.75, 3.05) is 6.54 Å². The largest absolute Gasteiger partial charge is 0.480 e. The molecule has 0 radical (unpaired) electrons. The minimum atomic E-state index is -0.899. The highest BCUT2D eigenvalue weighted by Gasteiger charge is 2.41. The minimum Gasteiger partial charge on any atom is -0.480 e. The molecule has 1 aliphatic heterocycles. The molecule has 0 spiro atoms. The molecule has 2 atom stereocenters. The Hall–Kier alpha value is -1.06. The Morgan fingerprint density at radius 2 is 2.14 bits per heavy atom. The van der Waals surface area contributed by atoms with E-state index in [1.54, 1.807) is 4.90 Å².